The maximum absolute atomic E-state index is 13.6. The van der Waals surface area contributed by atoms with Gasteiger partial charge in [-0.05, 0) is 47.5 Å². The standard InChI is InChI=1S/C27H22F10N2O2/c28-24(29)26(33,34)40-20-8-4-6-18(14-20)23-16-38(15-17-5-3-7-19(13-17)41-27(35,36)37)21-9-1-2-10-22(21)39(23)12-11-25(30,31)32/h1-10,13-14,23-24H,11-12,15-16H2/t23-/m0/s1. The number of benzene rings is 3. The Hall–Kier alpha value is -3.84. The van der Waals surface area contributed by atoms with Crippen LogP contribution in [0.25, 0.3) is 0 Å². The van der Waals surface area contributed by atoms with Crippen LogP contribution >= 0.6 is 0 Å². The number of para-hydroxylation sites is 2. The highest BCUT2D eigenvalue weighted by Gasteiger charge is 2.44. The van der Waals surface area contributed by atoms with E-state index >= 15 is 0 Å². The van der Waals surface area contributed by atoms with Gasteiger partial charge in [-0.25, -0.2) is 0 Å². The molecule has 0 unspecified atom stereocenters. The molecule has 0 aliphatic carbocycles. The van der Waals surface area contributed by atoms with Gasteiger partial charge in [-0.2, -0.15) is 30.7 Å². The van der Waals surface area contributed by atoms with Gasteiger partial charge in [0.25, 0.3) is 0 Å². The summed E-state index contributed by atoms with van der Waals surface area (Å²) in [7, 11) is 0. The third kappa shape index (κ3) is 7.88. The number of nitrogens with zero attached hydrogens (tertiary/aromatic N) is 2. The van der Waals surface area contributed by atoms with E-state index in [1.54, 1.807) is 29.2 Å². The molecule has 4 rings (SSSR count). The molecule has 0 saturated heterocycles. The van der Waals surface area contributed by atoms with Gasteiger partial charge >= 0.3 is 25.1 Å². The van der Waals surface area contributed by atoms with E-state index in [1.165, 1.54) is 35.2 Å². The average Bonchev–Trinajstić information content (AvgIpc) is 2.86. The van der Waals surface area contributed by atoms with Crippen LogP contribution in [0.5, 0.6) is 11.5 Å². The van der Waals surface area contributed by atoms with Gasteiger partial charge in [0.2, 0.25) is 0 Å². The van der Waals surface area contributed by atoms with Crippen LogP contribution in [0.15, 0.2) is 72.8 Å². The number of halogens is 10. The molecule has 0 saturated carbocycles. The molecule has 0 bridgehead atoms. The van der Waals surface area contributed by atoms with Gasteiger partial charge in [0, 0.05) is 19.6 Å². The second-order valence-electron chi connectivity index (χ2n) is 9.18. The first-order valence-corrected chi connectivity index (χ1v) is 12.1. The van der Waals surface area contributed by atoms with Gasteiger partial charge < -0.3 is 19.3 Å². The summed E-state index contributed by atoms with van der Waals surface area (Å²) in [6, 6.07) is 15.4. The van der Waals surface area contributed by atoms with Gasteiger partial charge in [-0.15, -0.1) is 13.2 Å². The Labute approximate surface area is 227 Å². The fourth-order valence-corrected chi connectivity index (χ4v) is 4.55. The van der Waals surface area contributed by atoms with Crippen LogP contribution in [0.2, 0.25) is 0 Å². The number of ether oxygens (including phenoxy) is 2. The number of rotatable bonds is 9. The van der Waals surface area contributed by atoms with Crippen molar-refractivity contribution in [2.45, 2.75) is 44.1 Å². The van der Waals surface area contributed by atoms with Crippen molar-refractivity contribution in [3.63, 3.8) is 0 Å². The zero-order valence-corrected chi connectivity index (χ0v) is 20.9. The van der Waals surface area contributed by atoms with Crippen LogP contribution in [0.4, 0.5) is 55.3 Å². The van der Waals surface area contributed by atoms with E-state index in [0.29, 0.717) is 16.9 Å². The zero-order chi connectivity index (χ0) is 30.0. The molecular weight excluding hydrogens is 574 g/mol. The minimum atomic E-state index is -4.92. The summed E-state index contributed by atoms with van der Waals surface area (Å²) in [5.41, 5.74) is 1.41. The fraction of sp³-hybridized carbons (Fsp3) is 0.333. The van der Waals surface area contributed by atoms with Crippen molar-refractivity contribution < 1.29 is 53.4 Å². The van der Waals surface area contributed by atoms with Crippen molar-refractivity contribution in [3.05, 3.63) is 83.9 Å². The van der Waals surface area contributed by atoms with E-state index in [-0.39, 0.29) is 18.7 Å². The lowest BCUT2D eigenvalue weighted by Crippen LogP contribution is -2.44. The molecule has 3 aromatic rings. The van der Waals surface area contributed by atoms with Crippen molar-refractivity contribution in [3.8, 4) is 11.5 Å². The van der Waals surface area contributed by atoms with E-state index in [2.05, 4.69) is 9.47 Å². The van der Waals surface area contributed by atoms with Crippen LogP contribution in [0.3, 0.4) is 0 Å². The maximum Gasteiger partial charge on any atom is 0.573 e. The summed E-state index contributed by atoms with van der Waals surface area (Å²) in [6.45, 7) is -0.546. The van der Waals surface area contributed by atoms with Gasteiger partial charge in [-0.1, -0.05) is 36.4 Å². The topological polar surface area (TPSA) is 24.9 Å². The Morgan fingerprint density at radius 2 is 1.39 bits per heavy atom. The summed E-state index contributed by atoms with van der Waals surface area (Å²) in [5, 5.41) is 0. The van der Waals surface area contributed by atoms with E-state index in [0.717, 1.165) is 18.2 Å². The van der Waals surface area contributed by atoms with Gasteiger partial charge in [-0.3, -0.25) is 0 Å². The van der Waals surface area contributed by atoms with Crippen molar-refractivity contribution in [2.24, 2.45) is 0 Å². The van der Waals surface area contributed by atoms with E-state index < -0.39 is 55.6 Å². The number of alkyl halides is 10. The first kappa shape index (κ1) is 30.1. The number of hydrogen-bond donors (Lipinski definition) is 0. The van der Waals surface area contributed by atoms with Crippen LogP contribution in [-0.2, 0) is 6.54 Å². The molecule has 1 atom stereocenters. The maximum atomic E-state index is 13.6. The SMILES string of the molecule is FC(F)C(F)(F)Oc1cccc([C@@H]2CN(Cc3cccc(OC(F)(F)F)c3)c3ccccc3N2CCC(F)(F)F)c1. The molecule has 4 nitrogen and oxygen atoms in total. The first-order valence-electron chi connectivity index (χ1n) is 12.1. The molecule has 222 valence electrons. The highest BCUT2D eigenvalue weighted by molar-refractivity contribution is 5.74. The van der Waals surface area contributed by atoms with Crippen LogP contribution in [0, 0.1) is 0 Å². The van der Waals surface area contributed by atoms with Crippen LogP contribution in [-0.4, -0.2) is 38.2 Å². The Kier molecular flexibility index (Phi) is 8.50. The fourth-order valence-electron chi connectivity index (χ4n) is 4.55. The Morgan fingerprint density at radius 1 is 0.756 bits per heavy atom. The van der Waals surface area contributed by atoms with E-state index in [4.69, 9.17) is 0 Å². The monoisotopic (exact) mass is 596 g/mol. The lowest BCUT2D eigenvalue weighted by molar-refractivity contribution is -0.274. The lowest BCUT2D eigenvalue weighted by atomic mass is 9.98. The molecule has 1 aliphatic rings. The number of fused-ring (bicyclic) bond motifs is 1. The summed E-state index contributed by atoms with van der Waals surface area (Å²) in [6.07, 6.45) is -19.6. The summed E-state index contributed by atoms with van der Waals surface area (Å²) in [4.78, 5) is 3.13. The van der Waals surface area contributed by atoms with Crippen molar-refractivity contribution in [1.29, 1.82) is 0 Å². The van der Waals surface area contributed by atoms with E-state index in [9.17, 15) is 43.9 Å². The molecule has 0 N–H and O–H groups in total. The predicted molar refractivity (Wildman–Crippen MR) is 129 cm³/mol. The minimum Gasteiger partial charge on any atom is -0.428 e. The quantitative estimate of drug-likeness (QED) is 0.232. The normalized spacial score (nSPS) is 16.1. The molecule has 0 radical (unpaired) electrons. The smallest absolute Gasteiger partial charge is 0.428 e. The van der Waals surface area contributed by atoms with Crippen molar-refractivity contribution in [2.75, 3.05) is 22.9 Å². The Balaban J connectivity index is 1.72. The van der Waals surface area contributed by atoms with Crippen LogP contribution in [0.1, 0.15) is 23.6 Å². The third-order valence-electron chi connectivity index (χ3n) is 6.19. The molecule has 0 spiro atoms. The van der Waals surface area contributed by atoms with Crippen molar-refractivity contribution >= 4 is 11.4 Å². The second-order valence-corrected chi connectivity index (χ2v) is 9.18. The Bertz CT molecular complexity index is 1330. The molecule has 3 aromatic carbocycles. The first-order chi connectivity index (χ1) is 19.1. The Morgan fingerprint density at radius 3 is 2.02 bits per heavy atom. The number of anilines is 2. The molecule has 0 amide bonds. The zero-order valence-electron chi connectivity index (χ0n) is 20.9. The van der Waals surface area contributed by atoms with Gasteiger partial charge in [0.15, 0.2) is 0 Å². The lowest BCUT2D eigenvalue weighted by Gasteiger charge is -2.45. The molecule has 1 aliphatic heterocycles. The summed E-state index contributed by atoms with van der Waals surface area (Å²) in [5.74, 6) is -1.08. The predicted octanol–water partition coefficient (Wildman–Crippen LogP) is 8.34. The third-order valence-corrected chi connectivity index (χ3v) is 6.19. The average molecular weight is 596 g/mol. The summed E-state index contributed by atoms with van der Waals surface area (Å²) >= 11 is 0. The van der Waals surface area contributed by atoms with E-state index in [1.807, 2.05) is 0 Å². The van der Waals surface area contributed by atoms with Crippen LogP contribution < -0.4 is 19.3 Å². The largest absolute Gasteiger partial charge is 0.573 e. The van der Waals surface area contributed by atoms with Gasteiger partial charge in [0.1, 0.15) is 11.5 Å². The molecule has 14 heteroatoms. The highest BCUT2D eigenvalue weighted by Crippen LogP contribution is 2.43. The molecular formula is C27H22F10N2O2. The highest BCUT2D eigenvalue weighted by atomic mass is 19.4. The van der Waals surface area contributed by atoms with Crippen molar-refractivity contribution in [1.82, 2.24) is 0 Å². The molecule has 0 fully saturated rings. The molecule has 0 aromatic heterocycles. The molecule has 1 heterocycles. The minimum absolute atomic E-state index is 0.00925. The molecule has 41 heavy (non-hydrogen) atoms. The number of hydrogen-bond acceptors (Lipinski definition) is 4. The summed E-state index contributed by atoms with van der Waals surface area (Å²) < 4.78 is 139. The van der Waals surface area contributed by atoms with Gasteiger partial charge in [0.05, 0.1) is 23.8 Å². The second kappa shape index (κ2) is 11.6.